The molecule has 35 heavy (non-hydrogen) atoms. The lowest BCUT2D eigenvalue weighted by atomic mass is 10.1. The zero-order chi connectivity index (χ0) is 25.5. The fourth-order valence-electron chi connectivity index (χ4n) is 4.08. The van der Waals surface area contributed by atoms with Crippen molar-refractivity contribution in [1.29, 1.82) is 0 Å². The van der Waals surface area contributed by atoms with Crippen LogP contribution in [0.15, 0.2) is 36.4 Å². The van der Waals surface area contributed by atoms with E-state index < -0.39 is 20.0 Å². The Bertz CT molecular complexity index is 1480. The van der Waals surface area contributed by atoms with Crippen LogP contribution < -0.4 is 13.9 Å². The fraction of sp³-hybridized carbons (Fsp3) is 0.318. The second-order valence-corrected chi connectivity index (χ2v) is 13.0. The maximum absolute atomic E-state index is 13.1. The van der Waals surface area contributed by atoms with Crippen LogP contribution in [0.5, 0.6) is 0 Å². The minimum absolute atomic E-state index is 0.00494. The van der Waals surface area contributed by atoms with Gasteiger partial charge in [-0.1, -0.05) is 18.2 Å². The van der Waals surface area contributed by atoms with Crippen LogP contribution in [0.25, 0.3) is 10.6 Å². The van der Waals surface area contributed by atoms with Crippen LogP contribution in [0.2, 0.25) is 0 Å². The molecule has 1 aliphatic rings. The Balaban J connectivity index is 1.57. The number of nitrogens with one attached hydrogen (secondary N) is 1. The van der Waals surface area contributed by atoms with Gasteiger partial charge in [0.15, 0.2) is 0 Å². The standard InChI is InChI=1S/C22H25N5O5S3/c1-14-8-9-16(22-24-15(2)25-33-22)12-18(14)23-13-21(28)26-11-10-17-19(26)6-5-7-20(17)27(34(3,29)30)35(4,31)32/h5-9,12,23H,10-11,13H2,1-4H3. The Morgan fingerprint density at radius 2 is 1.83 bits per heavy atom. The van der Waals surface area contributed by atoms with Crippen molar-refractivity contribution in [3.05, 3.63) is 53.3 Å². The van der Waals surface area contributed by atoms with Gasteiger partial charge in [0.1, 0.15) is 10.8 Å². The lowest BCUT2D eigenvalue weighted by molar-refractivity contribution is -0.116. The second kappa shape index (κ2) is 9.21. The molecule has 0 atom stereocenters. The van der Waals surface area contributed by atoms with E-state index in [1.165, 1.54) is 17.6 Å². The number of carbonyl (C=O) groups excluding carboxylic acids is 1. The Kier molecular flexibility index (Phi) is 6.60. The van der Waals surface area contributed by atoms with E-state index in [1.54, 1.807) is 17.0 Å². The van der Waals surface area contributed by atoms with Gasteiger partial charge in [0.25, 0.3) is 0 Å². The Morgan fingerprint density at radius 1 is 1.11 bits per heavy atom. The topological polar surface area (TPSA) is 130 Å². The van der Waals surface area contributed by atoms with Gasteiger partial charge < -0.3 is 10.2 Å². The SMILES string of the molecule is Cc1nsc(-c2ccc(C)c(NCC(=O)N3CCc4c3cccc4N(S(C)(=O)=O)S(C)(=O)=O)c2)n1. The highest BCUT2D eigenvalue weighted by molar-refractivity contribution is 8.09. The van der Waals surface area contributed by atoms with E-state index in [9.17, 15) is 21.6 Å². The minimum atomic E-state index is -4.09. The van der Waals surface area contributed by atoms with Crippen LogP contribution in [-0.2, 0) is 31.3 Å². The summed E-state index contributed by atoms with van der Waals surface area (Å²) < 4.78 is 53.7. The van der Waals surface area contributed by atoms with Crippen molar-refractivity contribution < 1.29 is 21.6 Å². The molecule has 0 fully saturated rings. The Labute approximate surface area is 208 Å². The van der Waals surface area contributed by atoms with Crippen LogP contribution in [0.3, 0.4) is 0 Å². The number of amides is 1. The molecule has 0 bridgehead atoms. The molecule has 2 heterocycles. The molecule has 0 radical (unpaired) electrons. The van der Waals surface area contributed by atoms with Gasteiger partial charge in [-0.15, -0.1) is 0 Å². The first kappa shape index (κ1) is 25.1. The molecule has 13 heteroatoms. The van der Waals surface area contributed by atoms with Crippen molar-refractivity contribution in [2.75, 3.05) is 39.5 Å². The molecule has 4 rings (SSSR count). The van der Waals surface area contributed by atoms with Gasteiger partial charge in [0.05, 0.1) is 24.7 Å². The van der Waals surface area contributed by atoms with Gasteiger partial charge in [0.2, 0.25) is 26.0 Å². The lowest BCUT2D eigenvalue weighted by Crippen LogP contribution is -2.36. The molecule has 186 valence electrons. The highest BCUT2D eigenvalue weighted by Crippen LogP contribution is 2.37. The summed E-state index contributed by atoms with van der Waals surface area (Å²) >= 11 is 1.31. The maximum Gasteiger partial charge on any atom is 0.246 e. The first-order chi connectivity index (χ1) is 16.4. The van der Waals surface area contributed by atoms with Crippen molar-refractivity contribution in [2.24, 2.45) is 0 Å². The highest BCUT2D eigenvalue weighted by atomic mass is 32.3. The molecule has 1 aromatic heterocycles. The smallest absolute Gasteiger partial charge is 0.246 e. The summed E-state index contributed by atoms with van der Waals surface area (Å²) in [6.45, 7) is 4.09. The van der Waals surface area contributed by atoms with E-state index in [1.807, 2.05) is 32.0 Å². The summed E-state index contributed by atoms with van der Waals surface area (Å²) in [4.78, 5) is 19.1. The average Bonchev–Trinajstić information content (AvgIpc) is 3.38. The van der Waals surface area contributed by atoms with E-state index in [4.69, 9.17) is 0 Å². The zero-order valence-corrected chi connectivity index (χ0v) is 22.1. The van der Waals surface area contributed by atoms with E-state index >= 15 is 0 Å². The van der Waals surface area contributed by atoms with Crippen molar-refractivity contribution >= 4 is 54.5 Å². The largest absolute Gasteiger partial charge is 0.376 e. The number of aryl methyl sites for hydroxylation is 2. The number of hydrogen-bond acceptors (Lipinski definition) is 9. The number of anilines is 3. The van der Waals surface area contributed by atoms with Crippen LogP contribution in [0.1, 0.15) is 17.0 Å². The third kappa shape index (κ3) is 5.16. The number of benzene rings is 2. The molecule has 1 aliphatic heterocycles. The van der Waals surface area contributed by atoms with Crippen LogP contribution in [0, 0.1) is 13.8 Å². The molecule has 1 amide bonds. The number of hydrogen-bond donors (Lipinski definition) is 1. The van der Waals surface area contributed by atoms with Gasteiger partial charge in [-0.25, -0.2) is 21.8 Å². The molecule has 0 saturated carbocycles. The zero-order valence-electron chi connectivity index (χ0n) is 19.6. The monoisotopic (exact) mass is 535 g/mol. The number of sulfonamides is 2. The van der Waals surface area contributed by atoms with Crippen LogP contribution in [-0.4, -0.2) is 57.7 Å². The van der Waals surface area contributed by atoms with Crippen molar-refractivity contribution in [3.63, 3.8) is 0 Å². The van der Waals surface area contributed by atoms with Gasteiger partial charge in [-0.3, -0.25) is 4.79 Å². The van der Waals surface area contributed by atoms with Gasteiger partial charge >= 0.3 is 0 Å². The van der Waals surface area contributed by atoms with Crippen LogP contribution in [0.4, 0.5) is 17.1 Å². The summed E-state index contributed by atoms with van der Waals surface area (Å²) in [5.74, 6) is 0.482. The molecule has 10 nitrogen and oxygen atoms in total. The first-order valence-electron chi connectivity index (χ1n) is 10.6. The molecule has 2 aromatic carbocycles. The van der Waals surface area contributed by atoms with Crippen molar-refractivity contribution in [1.82, 2.24) is 9.36 Å². The molecule has 3 aromatic rings. The lowest BCUT2D eigenvalue weighted by Gasteiger charge is -2.23. The molecular weight excluding hydrogens is 510 g/mol. The summed E-state index contributed by atoms with van der Waals surface area (Å²) in [6, 6.07) is 10.5. The quantitative estimate of drug-likeness (QED) is 0.489. The molecule has 0 spiro atoms. The van der Waals surface area contributed by atoms with E-state index in [-0.39, 0.29) is 18.1 Å². The third-order valence-corrected chi connectivity index (χ3v) is 9.62. The second-order valence-electron chi connectivity index (χ2n) is 8.32. The normalized spacial score (nSPS) is 13.5. The number of aromatic nitrogens is 2. The molecule has 0 saturated heterocycles. The third-order valence-electron chi connectivity index (χ3n) is 5.55. The summed E-state index contributed by atoms with van der Waals surface area (Å²) in [5, 5.41) is 3.98. The van der Waals surface area contributed by atoms with E-state index in [2.05, 4.69) is 14.7 Å². The van der Waals surface area contributed by atoms with Gasteiger partial charge in [0, 0.05) is 29.0 Å². The van der Waals surface area contributed by atoms with Gasteiger partial charge in [-0.05, 0) is 55.6 Å². The number of carbonyl (C=O) groups is 1. The Morgan fingerprint density at radius 3 is 2.46 bits per heavy atom. The number of nitrogens with zero attached hydrogens (tertiary/aromatic N) is 4. The minimum Gasteiger partial charge on any atom is -0.376 e. The summed E-state index contributed by atoms with van der Waals surface area (Å²) in [7, 11) is -8.18. The van der Waals surface area contributed by atoms with Crippen molar-refractivity contribution in [3.8, 4) is 10.6 Å². The van der Waals surface area contributed by atoms with Gasteiger partial charge in [-0.2, -0.15) is 8.08 Å². The number of fused-ring (bicyclic) bond motifs is 1. The number of rotatable bonds is 7. The van der Waals surface area contributed by atoms with E-state index in [0.29, 0.717) is 33.8 Å². The highest BCUT2D eigenvalue weighted by Gasteiger charge is 2.34. The average molecular weight is 536 g/mol. The van der Waals surface area contributed by atoms with Crippen molar-refractivity contribution in [2.45, 2.75) is 20.3 Å². The fourth-order valence-corrected chi connectivity index (χ4v) is 7.76. The molecule has 0 unspecified atom stereocenters. The van der Waals surface area contributed by atoms with E-state index in [0.717, 1.165) is 34.3 Å². The molecule has 1 N–H and O–H groups in total. The predicted molar refractivity (Wildman–Crippen MR) is 138 cm³/mol. The Hall–Kier alpha value is -3.03. The van der Waals surface area contributed by atoms with Crippen LogP contribution >= 0.6 is 11.5 Å². The summed E-state index contributed by atoms with van der Waals surface area (Å²) in [5.41, 5.74) is 3.70. The summed E-state index contributed by atoms with van der Waals surface area (Å²) in [6.07, 6.45) is 2.02. The first-order valence-corrected chi connectivity index (χ1v) is 15.1. The maximum atomic E-state index is 13.1. The molecular formula is C22H25N5O5S3. The predicted octanol–water partition coefficient (Wildman–Crippen LogP) is 2.55. The molecule has 0 aliphatic carbocycles.